The molecule has 3 nitrogen and oxygen atoms in total. The van der Waals surface area contributed by atoms with E-state index in [1.165, 1.54) is 0 Å². The molecule has 0 fully saturated rings. The number of phenols is 2. The fourth-order valence-corrected chi connectivity index (χ4v) is 6.53. The SMILES string of the molecule is CC(C)c1c(O)c(C(C)C)c(C(C)C)c(Oc2c(C(C)C)c(C(C)C)c(O)c(C(C)C)c2C(C)C)c1C(C)C. The number of hydrogen-bond donors (Lipinski definition) is 2. The molecule has 220 valence electrons. The molecule has 2 aromatic rings. The van der Waals surface area contributed by atoms with E-state index in [9.17, 15) is 10.2 Å². The summed E-state index contributed by atoms with van der Waals surface area (Å²) in [4.78, 5) is 0. The zero-order valence-electron chi connectivity index (χ0n) is 27.9. The van der Waals surface area contributed by atoms with Crippen LogP contribution in [0, 0.1) is 0 Å². The Morgan fingerprint density at radius 2 is 0.462 bits per heavy atom. The Hall–Kier alpha value is -2.16. The first-order valence-corrected chi connectivity index (χ1v) is 15.4. The third-order valence-corrected chi connectivity index (χ3v) is 7.98. The molecular formula is C36H58O3. The standard InChI is InChI=1S/C36H58O3/c1-17(2)25-29(21(9)10)35(30(22(11)12)26(18(3)4)33(25)37)39-36-31(23(13)14)27(19(5)6)34(38)28(20(7)8)32(36)24(15)16/h17-24,37-38H,1-16H3. The number of hydrogen-bond acceptors (Lipinski definition) is 3. The van der Waals surface area contributed by atoms with Gasteiger partial charge in [0.15, 0.2) is 0 Å². The van der Waals surface area contributed by atoms with Crippen LogP contribution in [0.3, 0.4) is 0 Å². The van der Waals surface area contributed by atoms with Crippen LogP contribution < -0.4 is 4.74 Å². The number of rotatable bonds is 10. The van der Waals surface area contributed by atoms with Gasteiger partial charge in [0.2, 0.25) is 0 Å². The van der Waals surface area contributed by atoms with Crippen molar-refractivity contribution in [2.24, 2.45) is 0 Å². The number of ether oxygens (including phenoxy) is 1. The Labute approximate surface area is 240 Å². The fourth-order valence-electron chi connectivity index (χ4n) is 6.53. The van der Waals surface area contributed by atoms with Crippen molar-refractivity contribution in [2.45, 2.75) is 158 Å². The first-order valence-electron chi connectivity index (χ1n) is 15.4. The molecule has 2 rings (SSSR count). The molecule has 0 spiro atoms. The Balaban J connectivity index is 3.33. The van der Waals surface area contributed by atoms with E-state index in [0.717, 1.165) is 56.0 Å². The van der Waals surface area contributed by atoms with Crippen LogP contribution in [0.5, 0.6) is 23.0 Å². The summed E-state index contributed by atoms with van der Waals surface area (Å²) in [6.07, 6.45) is 0. The molecule has 0 radical (unpaired) electrons. The molecule has 0 saturated heterocycles. The van der Waals surface area contributed by atoms with Gasteiger partial charge in [-0.3, -0.25) is 0 Å². The average Bonchev–Trinajstić information content (AvgIpc) is 2.77. The molecule has 0 aliphatic heterocycles. The molecule has 0 aromatic heterocycles. The molecule has 0 unspecified atom stereocenters. The zero-order chi connectivity index (χ0) is 30.3. The van der Waals surface area contributed by atoms with Crippen molar-refractivity contribution in [3.05, 3.63) is 44.5 Å². The predicted molar refractivity (Wildman–Crippen MR) is 169 cm³/mol. The normalized spacial score (nSPS) is 12.6. The first kappa shape index (κ1) is 33.0. The van der Waals surface area contributed by atoms with E-state index in [4.69, 9.17) is 4.74 Å². The molecule has 2 aromatic carbocycles. The van der Waals surface area contributed by atoms with Gasteiger partial charge in [-0.05, 0) is 47.3 Å². The molecule has 0 aliphatic carbocycles. The topological polar surface area (TPSA) is 49.7 Å². The molecule has 0 heterocycles. The smallest absolute Gasteiger partial charge is 0.135 e. The molecule has 0 bridgehead atoms. The van der Waals surface area contributed by atoms with Gasteiger partial charge in [0.05, 0.1) is 0 Å². The van der Waals surface area contributed by atoms with Crippen LogP contribution in [0.1, 0.15) is 203 Å². The molecule has 0 aliphatic rings. The predicted octanol–water partition coefficient (Wildman–Crippen LogP) is 11.9. The Morgan fingerprint density at radius 3 is 0.590 bits per heavy atom. The molecule has 3 heteroatoms. The van der Waals surface area contributed by atoms with Crippen molar-refractivity contribution in [3.63, 3.8) is 0 Å². The van der Waals surface area contributed by atoms with Crippen LogP contribution in [0.25, 0.3) is 0 Å². The van der Waals surface area contributed by atoms with Gasteiger partial charge in [-0.1, -0.05) is 111 Å². The summed E-state index contributed by atoms with van der Waals surface area (Å²) in [5, 5.41) is 23.5. The van der Waals surface area contributed by atoms with Gasteiger partial charge in [-0.15, -0.1) is 0 Å². The van der Waals surface area contributed by atoms with Gasteiger partial charge in [0.25, 0.3) is 0 Å². The summed E-state index contributed by atoms with van der Waals surface area (Å²) in [6, 6.07) is 0. The highest BCUT2D eigenvalue weighted by molar-refractivity contribution is 5.67. The lowest BCUT2D eigenvalue weighted by Gasteiger charge is -2.34. The van der Waals surface area contributed by atoms with E-state index in [1.807, 2.05) is 0 Å². The lowest BCUT2D eigenvalue weighted by Crippen LogP contribution is -2.15. The van der Waals surface area contributed by atoms with Crippen LogP contribution in [0.4, 0.5) is 0 Å². The van der Waals surface area contributed by atoms with Gasteiger partial charge < -0.3 is 14.9 Å². The van der Waals surface area contributed by atoms with Gasteiger partial charge in [0.1, 0.15) is 23.0 Å². The highest BCUT2D eigenvalue weighted by atomic mass is 16.5. The van der Waals surface area contributed by atoms with Crippen LogP contribution in [0.15, 0.2) is 0 Å². The fraction of sp³-hybridized carbons (Fsp3) is 0.667. The van der Waals surface area contributed by atoms with E-state index < -0.39 is 0 Å². The zero-order valence-corrected chi connectivity index (χ0v) is 27.9. The van der Waals surface area contributed by atoms with Gasteiger partial charge in [-0.2, -0.15) is 0 Å². The summed E-state index contributed by atoms with van der Waals surface area (Å²) < 4.78 is 7.40. The van der Waals surface area contributed by atoms with Gasteiger partial charge in [0, 0.05) is 44.5 Å². The maximum atomic E-state index is 11.7. The second-order valence-corrected chi connectivity index (χ2v) is 14.0. The van der Waals surface area contributed by atoms with Crippen LogP contribution in [-0.2, 0) is 0 Å². The maximum Gasteiger partial charge on any atom is 0.135 e. The van der Waals surface area contributed by atoms with E-state index in [0.29, 0.717) is 11.5 Å². The Kier molecular flexibility index (Phi) is 10.6. The van der Waals surface area contributed by atoms with E-state index in [1.54, 1.807) is 0 Å². The Bertz CT molecular complexity index is 987. The molecule has 0 saturated carbocycles. The number of benzene rings is 2. The highest BCUT2D eigenvalue weighted by Crippen LogP contribution is 2.55. The van der Waals surface area contributed by atoms with Gasteiger partial charge >= 0.3 is 0 Å². The summed E-state index contributed by atoms with van der Waals surface area (Å²) in [5.41, 5.74) is 8.40. The largest absolute Gasteiger partial charge is 0.507 e. The molecule has 39 heavy (non-hydrogen) atoms. The van der Waals surface area contributed by atoms with Crippen LogP contribution >= 0.6 is 0 Å². The lowest BCUT2D eigenvalue weighted by molar-refractivity contribution is 0.412. The summed E-state index contributed by atoms with van der Waals surface area (Å²) in [5.74, 6) is 3.93. The minimum atomic E-state index is 0.148. The number of aromatic hydroxyl groups is 2. The second kappa shape index (κ2) is 12.6. The first-order chi connectivity index (χ1) is 17.9. The van der Waals surface area contributed by atoms with E-state index in [2.05, 4.69) is 111 Å². The minimum Gasteiger partial charge on any atom is -0.507 e. The molecule has 0 atom stereocenters. The van der Waals surface area contributed by atoms with Crippen molar-refractivity contribution in [2.75, 3.05) is 0 Å². The summed E-state index contributed by atoms with van der Waals surface area (Å²) in [6.45, 7) is 34.9. The second-order valence-electron chi connectivity index (χ2n) is 14.0. The monoisotopic (exact) mass is 538 g/mol. The van der Waals surface area contributed by atoms with Crippen molar-refractivity contribution in [3.8, 4) is 23.0 Å². The number of phenolic OH excluding ortho intramolecular Hbond substituents is 2. The van der Waals surface area contributed by atoms with E-state index >= 15 is 0 Å². The third-order valence-electron chi connectivity index (χ3n) is 7.98. The molecule has 0 amide bonds. The third kappa shape index (κ3) is 6.13. The Morgan fingerprint density at radius 1 is 0.308 bits per heavy atom. The summed E-state index contributed by atoms with van der Waals surface area (Å²) in [7, 11) is 0. The van der Waals surface area contributed by atoms with Gasteiger partial charge in [-0.25, -0.2) is 0 Å². The van der Waals surface area contributed by atoms with Crippen LogP contribution in [0.2, 0.25) is 0 Å². The molecular weight excluding hydrogens is 480 g/mol. The maximum absolute atomic E-state index is 11.7. The van der Waals surface area contributed by atoms with Crippen molar-refractivity contribution in [1.29, 1.82) is 0 Å². The van der Waals surface area contributed by atoms with Crippen molar-refractivity contribution < 1.29 is 14.9 Å². The average molecular weight is 539 g/mol. The highest BCUT2D eigenvalue weighted by Gasteiger charge is 2.34. The van der Waals surface area contributed by atoms with Crippen LogP contribution in [-0.4, -0.2) is 10.2 Å². The van der Waals surface area contributed by atoms with E-state index in [-0.39, 0.29) is 47.3 Å². The minimum absolute atomic E-state index is 0.148. The van der Waals surface area contributed by atoms with Crippen molar-refractivity contribution >= 4 is 0 Å². The molecule has 2 N–H and O–H groups in total. The van der Waals surface area contributed by atoms with Crippen molar-refractivity contribution in [1.82, 2.24) is 0 Å². The lowest BCUT2D eigenvalue weighted by atomic mass is 9.78. The quantitative estimate of drug-likeness (QED) is 0.316. The summed E-state index contributed by atoms with van der Waals surface area (Å²) >= 11 is 0.